The van der Waals surface area contributed by atoms with Crippen LogP contribution in [0.15, 0.2) is 35.2 Å². The molecule has 0 fully saturated rings. The summed E-state index contributed by atoms with van der Waals surface area (Å²) in [4.78, 5) is 11.2. The summed E-state index contributed by atoms with van der Waals surface area (Å²) in [6.07, 6.45) is 0. The lowest BCUT2D eigenvalue weighted by atomic mass is 10.1. The van der Waals surface area contributed by atoms with E-state index in [1.807, 2.05) is 0 Å². The van der Waals surface area contributed by atoms with E-state index in [1.54, 1.807) is 26.0 Å². The summed E-state index contributed by atoms with van der Waals surface area (Å²) in [6, 6.07) is 6.71. The molecular weight excluding hydrogens is 355 g/mol. The number of anilines is 2. The number of sulfonamides is 1. The number of carbonyl (C=O) groups excluding carboxylic acids is 1. The maximum atomic E-state index is 13.2. The van der Waals surface area contributed by atoms with Crippen LogP contribution in [-0.2, 0) is 14.8 Å². The lowest BCUT2D eigenvalue weighted by molar-refractivity contribution is -0.114. The summed E-state index contributed by atoms with van der Waals surface area (Å²) < 4.78 is 40.8. The number of aryl methyl sites for hydroxylation is 2. The molecule has 0 saturated heterocycles. The minimum Gasteiger partial charge on any atom is -0.326 e. The Hall–Kier alpha value is -2.12. The molecule has 0 aromatic heterocycles. The van der Waals surface area contributed by atoms with Gasteiger partial charge in [-0.25, -0.2) is 12.8 Å². The van der Waals surface area contributed by atoms with Crippen molar-refractivity contribution in [3.8, 4) is 0 Å². The Bertz CT molecular complexity index is 891. The summed E-state index contributed by atoms with van der Waals surface area (Å²) in [7, 11) is -3.89. The lowest BCUT2D eigenvalue weighted by Gasteiger charge is -2.15. The normalized spacial score (nSPS) is 11.2. The minimum absolute atomic E-state index is 0.0945. The van der Waals surface area contributed by atoms with Crippen LogP contribution in [0.25, 0.3) is 0 Å². The molecule has 0 unspecified atom stereocenters. The largest absolute Gasteiger partial charge is 0.326 e. The molecule has 2 N–H and O–H groups in total. The highest BCUT2D eigenvalue weighted by Crippen LogP contribution is 2.27. The van der Waals surface area contributed by atoms with Crippen molar-refractivity contribution in [3.05, 3.63) is 52.3 Å². The maximum absolute atomic E-state index is 13.2. The average Bonchev–Trinajstić information content (AvgIpc) is 2.40. The zero-order valence-electron chi connectivity index (χ0n) is 13.3. The third-order valence-corrected chi connectivity index (χ3v) is 5.20. The van der Waals surface area contributed by atoms with Gasteiger partial charge in [0.05, 0.1) is 15.6 Å². The standard InChI is InChI=1S/C16H16ClFN2O3S/c1-9-6-13(19-11(3)21)7-10(2)16(9)24(22,23)20-12-4-5-15(18)14(17)8-12/h4-8,20H,1-3H3,(H,19,21). The van der Waals surface area contributed by atoms with E-state index in [0.29, 0.717) is 16.8 Å². The fourth-order valence-electron chi connectivity index (χ4n) is 2.42. The van der Waals surface area contributed by atoms with Crippen LogP contribution < -0.4 is 10.0 Å². The van der Waals surface area contributed by atoms with Crippen LogP contribution in [0.2, 0.25) is 5.02 Å². The van der Waals surface area contributed by atoms with Crippen molar-refractivity contribution in [2.45, 2.75) is 25.7 Å². The van der Waals surface area contributed by atoms with Gasteiger partial charge in [0.1, 0.15) is 5.82 Å². The molecule has 2 rings (SSSR count). The van der Waals surface area contributed by atoms with Crippen molar-refractivity contribution >= 4 is 38.9 Å². The first kappa shape index (κ1) is 18.2. The molecule has 0 atom stereocenters. The predicted octanol–water partition coefficient (Wildman–Crippen LogP) is 3.86. The third-order valence-electron chi connectivity index (χ3n) is 3.22. The number of amides is 1. The van der Waals surface area contributed by atoms with Crippen LogP contribution in [0.3, 0.4) is 0 Å². The summed E-state index contributed by atoms with van der Waals surface area (Å²) in [6.45, 7) is 4.63. The van der Waals surface area contributed by atoms with Crippen LogP contribution in [0.1, 0.15) is 18.1 Å². The van der Waals surface area contributed by atoms with Crippen LogP contribution >= 0.6 is 11.6 Å². The minimum atomic E-state index is -3.89. The molecule has 1 amide bonds. The molecule has 0 aliphatic rings. The van der Waals surface area contributed by atoms with Crippen molar-refractivity contribution in [1.29, 1.82) is 0 Å². The van der Waals surface area contributed by atoms with E-state index in [9.17, 15) is 17.6 Å². The molecule has 0 spiro atoms. The van der Waals surface area contributed by atoms with Crippen LogP contribution in [-0.4, -0.2) is 14.3 Å². The molecule has 0 heterocycles. The molecular formula is C16H16ClFN2O3S. The number of benzene rings is 2. The summed E-state index contributed by atoms with van der Waals surface area (Å²) in [5, 5.41) is 2.44. The Morgan fingerprint density at radius 1 is 1.08 bits per heavy atom. The smallest absolute Gasteiger partial charge is 0.262 e. The number of hydrogen-bond acceptors (Lipinski definition) is 3. The topological polar surface area (TPSA) is 75.3 Å². The molecule has 2 aromatic rings. The van der Waals surface area contributed by atoms with Crippen molar-refractivity contribution < 1.29 is 17.6 Å². The van der Waals surface area contributed by atoms with Crippen LogP contribution in [0.4, 0.5) is 15.8 Å². The highest BCUT2D eigenvalue weighted by atomic mass is 35.5. The fourth-order valence-corrected chi connectivity index (χ4v) is 4.10. The molecule has 128 valence electrons. The number of carbonyl (C=O) groups is 1. The summed E-state index contributed by atoms with van der Waals surface area (Å²) >= 11 is 5.67. The van der Waals surface area contributed by atoms with Gasteiger partial charge in [-0.2, -0.15) is 0 Å². The molecule has 0 saturated carbocycles. The molecule has 2 aromatic carbocycles. The Labute approximate surface area is 144 Å². The van der Waals surface area contributed by atoms with Crippen molar-refractivity contribution in [2.75, 3.05) is 10.0 Å². The van der Waals surface area contributed by atoms with E-state index in [0.717, 1.165) is 6.07 Å². The van der Waals surface area contributed by atoms with E-state index in [1.165, 1.54) is 19.1 Å². The quantitative estimate of drug-likeness (QED) is 0.858. The molecule has 24 heavy (non-hydrogen) atoms. The van der Waals surface area contributed by atoms with Crippen LogP contribution in [0.5, 0.6) is 0 Å². The van der Waals surface area contributed by atoms with Gasteiger partial charge in [0.2, 0.25) is 5.91 Å². The molecule has 0 bridgehead atoms. The SMILES string of the molecule is CC(=O)Nc1cc(C)c(S(=O)(=O)Nc2ccc(F)c(Cl)c2)c(C)c1. The molecule has 0 aliphatic carbocycles. The number of halogens is 2. The number of nitrogens with one attached hydrogen (secondary N) is 2. The van der Waals surface area contributed by atoms with Crippen molar-refractivity contribution in [3.63, 3.8) is 0 Å². The lowest BCUT2D eigenvalue weighted by Crippen LogP contribution is -2.16. The first-order chi connectivity index (χ1) is 11.1. The fraction of sp³-hybridized carbons (Fsp3) is 0.188. The third kappa shape index (κ3) is 4.04. The Balaban J connectivity index is 2.41. The summed E-state index contributed by atoms with van der Waals surface area (Å²) in [5.41, 5.74) is 1.62. The average molecular weight is 371 g/mol. The zero-order valence-corrected chi connectivity index (χ0v) is 14.8. The van der Waals surface area contributed by atoms with Gasteiger partial charge < -0.3 is 5.32 Å². The van der Waals surface area contributed by atoms with Gasteiger partial charge in [-0.05, 0) is 55.3 Å². The first-order valence-electron chi connectivity index (χ1n) is 6.97. The second-order valence-corrected chi connectivity index (χ2v) is 7.38. The van der Waals surface area contributed by atoms with Crippen molar-refractivity contribution in [1.82, 2.24) is 0 Å². The maximum Gasteiger partial charge on any atom is 0.262 e. The predicted molar refractivity (Wildman–Crippen MR) is 92.4 cm³/mol. The van der Waals surface area contributed by atoms with E-state index in [-0.39, 0.29) is 21.5 Å². The van der Waals surface area contributed by atoms with Gasteiger partial charge in [0.15, 0.2) is 0 Å². The second-order valence-electron chi connectivity index (χ2n) is 5.35. The van der Waals surface area contributed by atoms with E-state index in [2.05, 4.69) is 10.0 Å². The highest BCUT2D eigenvalue weighted by Gasteiger charge is 2.21. The Morgan fingerprint density at radius 3 is 2.17 bits per heavy atom. The van der Waals surface area contributed by atoms with Gasteiger partial charge >= 0.3 is 0 Å². The molecule has 8 heteroatoms. The Kier molecular flexibility index (Phi) is 5.15. The first-order valence-corrected chi connectivity index (χ1v) is 8.83. The highest BCUT2D eigenvalue weighted by molar-refractivity contribution is 7.92. The van der Waals surface area contributed by atoms with E-state index < -0.39 is 15.8 Å². The molecule has 0 aliphatic heterocycles. The van der Waals surface area contributed by atoms with Gasteiger partial charge in [-0.3, -0.25) is 9.52 Å². The number of rotatable bonds is 4. The monoisotopic (exact) mass is 370 g/mol. The van der Waals surface area contributed by atoms with E-state index in [4.69, 9.17) is 11.6 Å². The zero-order chi connectivity index (χ0) is 18.1. The Morgan fingerprint density at radius 2 is 1.67 bits per heavy atom. The van der Waals surface area contributed by atoms with Gasteiger partial charge in [-0.1, -0.05) is 11.6 Å². The summed E-state index contributed by atoms with van der Waals surface area (Å²) in [5.74, 6) is -0.880. The van der Waals surface area contributed by atoms with Crippen LogP contribution in [0, 0.1) is 19.7 Å². The molecule has 5 nitrogen and oxygen atoms in total. The van der Waals surface area contributed by atoms with Crippen molar-refractivity contribution in [2.24, 2.45) is 0 Å². The second kappa shape index (κ2) is 6.78. The van der Waals surface area contributed by atoms with Gasteiger partial charge in [0, 0.05) is 12.6 Å². The number of hydrogen-bond donors (Lipinski definition) is 2. The van der Waals surface area contributed by atoms with Gasteiger partial charge in [0.25, 0.3) is 10.0 Å². The van der Waals surface area contributed by atoms with Gasteiger partial charge in [-0.15, -0.1) is 0 Å². The van der Waals surface area contributed by atoms with E-state index >= 15 is 0 Å². The molecule has 0 radical (unpaired) electrons.